The number of fused-ring (bicyclic) bond motifs is 1. The molecule has 0 saturated carbocycles. The van der Waals surface area contributed by atoms with E-state index in [2.05, 4.69) is 25.3 Å². The summed E-state index contributed by atoms with van der Waals surface area (Å²) >= 11 is 0. The van der Waals surface area contributed by atoms with Crippen LogP contribution in [0.25, 0.3) is 17.0 Å². The summed E-state index contributed by atoms with van der Waals surface area (Å²) in [5.74, 6) is 1.44. The molecule has 0 radical (unpaired) electrons. The van der Waals surface area contributed by atoms with E-state index in [9.17, 15) is 0 Å². The van der Waals surface area contributed by atoms with E-state index in [1.807, 2.05) is 36.6 Å². The Morgan fingerprint density at radius 2 is 2.19 bits per heavy atom. The summed E-state index contributed by atoms with van der Waals surface area (Å²) in [5, 5.41) is 3.34. The first kappa shape index (κ1) is 16.7. The molecular weight excluding hydrogens is 328 g/mol. The molecule has 0 bridgehead atoms. The van der Waals surface area contributed by atoms with Gasteiger partial charge >= 0.3 is 0 Å². The van der Waals surface area contributed by atoms with E-state index >= 15 is 0 Å². The molecule has 0 aromatic carbocycles. The summed E-state index contributed by atoms with van der Waals surface area (Å²) in [6, 6.07) is 3.86. The SMILES string of the molecule is CC(C)Oc1ccn2c(-c3cncc(N=C4CCCNC4)n3)cnc2c1. The van der Waals surface area contributed by atoms with Crippen molar-refractivity contribution in [1.82, 2.24) is 24.7 Å². The molecule has 0 aliphatic carbocycles. The van der Waals surface area contributed by atoms with Crippen LogP contribution in [0, 0.1) is 0 Å². The van der Waals surface area contributed by atoms with Crippen LogP contribution in [0.1, 0.15) is 26.7 Å². The second-order valence-corrected chi connectivity index (χ2v) is 6.62. The van der Waals surface area contributed by atoms with Gasteiger partial charge in [0, 0.05) is 24.5 Å². The number of nitrogens with one attached hydrogen (secondary N) is 1. The highest BCUT2D eigenvalue weighted by Gasteiger charge is 2.11. The first-order valence-electron chi connectivity index (χ1n) is 8.92. The van der Waals surface area contributed by atoms with Crippen LogP contribution in [0.5, 0.6) is 5.75 Å². The molecule has 3 aromatic heterocycles. The lowest BCUT2D eigenvalue weighted by Crippen LogP contribution is -2.29. The number of imidazole rings is 1. The number of ether oxygens (including phenoxy) is 1. The molecule has 1 fully saturated rings. The van der Waals surface area contributed by atoms with Gasteiger partial charge in [0.1, 0.15) is 17.1 Å². The van der Waals surface area contributed by atoms with Crippen molar-refractivity contribution in [3.63, 3.8) is 0 Å². The first-order chi connectivity index (χ1) is 12.7. The second-order valence-electron chi connectivity index (χ2n) is 6.62. The van der Waals surface area contributed by atoms with E-state index in [-0.39, 0.29) is 6.10 Å². The molecule has 0 unspecified atom stereocenters. The Labute approximate surface area is 152 Å². The van der Waals surface area contributed by atoms with E-state index in [1.54, 1.807) is 18.6 Å². The third-order valence-corrected chi connectivity index (χ3v) is 4.16. The van der Waals surface area contributed by atoms with Gasteiger partial charge in [-0.2, -0.15) is 0 Å². The lowest BCUT2D eigenvalue weighted by Gasteiger charge is -2.13. The van der Waals surface area contributed by atoms with Crippen molar-refractivity contribution in [3.05, 3.63) is 36.9 Å². The van der Waals surface area contributed by atoms with Gasteiger partial charge in [-0.05, 0) is 39.3 Å². The Bertz CT molecular complexity index is 938. The average Bonchev–Trinajstić information content (AvgIpc) is 3.05. The van der Waals surface area contributed by atoms with E-state index in [0.29, 0.717) is 5.82 Å². The number of pyridine rings is 1. The molecule has 4 rings (SSSR count). The monoisotopic (exact) mass is 350 g/mol. The third kappa shape index (κ3) is 3.57. The fourth-order valence-corrected chi connectivity index (χ4v) is 3.03. The van der Waals surface area contributed by atoms with Crippen LogP contribution >= 0.6 is 0 Å². The maximum Gasteiger partial charge on any atom is 0.171 e. The third-order valence-electron chi connectivity index (χ3n) is 4.16. The molecule has 4 heterocycles. The number of rotatable bonds is 4. The fraction of sp³-hybridized carbons (Fsp3) is 0.368. The minimum atomic E-state index is 0.128. The number of hydrogen-bond acceptors (Lipinski definition) is 6. The van der Waals surface area contributed by atoms with E-state index in [4.69, 9.17) is 4.74 Å². The maximum absolute atomic E-state index is 5.74. The second kappa shape index (κ2) is 7.21. The van der Waals surface area contributed by atoms with Crippen LogP contribution in [0.15, 0.2) is 41.9 Å². The zero-order valence-electron chi connectivity index (χ0n) is 15.0. The molecule has 1 N–H and O–H groups in total. The Kier molecular flexibility index (Phi) is 4.62. The summed E-state index contributed by atoms with van der Waals surface area (Å²) in [5.41, 5.74) is 3.57. The van der Waals surface area contributed by atoms with Gasteiger partial charge in [0.05, 0.1) is 30.4 Å². The van der Waals surface area contributed by atoms with Crippen LogP contribution in [0.2, 0.25) is 0 Å². The first-order valence-corrected chi connectivity index (χ1v) is 8.92. The Hall–Kier alpha value is -2.80. The summed E-state index contributed by atoms with van der Waals surface area (Å²) in [4.78, 5) is 18.1. The van der Waals surface area contributed by atoms with Gasteiger partial charge in [0.15, 0.2) is 5.82 Å². The Balaban J connectivity index is 1.66. The van der Waals surface area contributed by atoms with Crippen molar-refractivity contribution in [3.8, 4) is 17.1 Å². The highest BCUT2D eigenvalue weighted by atomic mass is 16.5. The van der Waals surface area contributed by atoms with Gasteiger partial charge in [0.25, 0.3) is 0 Å². The van der Waals surface area contributed by atoms with Crippen molar-refractivity contribution < 1.29 is 4.74 Å². The van der Waals surface area contributed by atoms with Gasteiger partial charge in [-0.3, -0.25) is 9.38 Å². The normalized spacial score (nSPS) is 16.5. The smallest absolute Gasteiger partial charge is 0.171 e. The molecule has 1 saturated heterocycles. The highest BCUT2D eigenvalue weighted by molar-refractivity contribution is 5.89. The van der Waals surface area contributed by atoms with Crippen LogP contribution in [-0.4, -0.2) is 44.3 Å². The molecule has 0 atom stereocenters. The lowest BCUT2D eigenvalue weighted by molar-refractivity contribution is 0.242. The number of aromatic nitrogens is 4. The van der Waals surface area contributed by atoms with E-state index < -0.39 is 0 Å². The summed E-state index contributed by atoms with van der Waals surface area (Å²) < 4.78 is 7.72. The lowest BCUT2D eigenvalue weighted by atomic mass is 10.1. The molecule has 134 valence electrons. The summed E-state index contributed by atoms with van der Waals surface area (Å²) in [7, 11) is 0. The van der Waals surface area contributed by atoms with Gasteiger partial charge < -0.3 is 10.1 Å². The Morgan fingerprint density at radius 3 is 3.00 bits per heavy atom. The summed E-state index contributed by atoms with van der Waals surface area (Å²) in [6.45, 7) is 5.88. The van der Waals surface area contributed by atoms with E-state index in [0.717, 1.165) is 54.4 Å². The minimum Gasteiger partial charge on any atom is -0.491 e. The van der Waals surface area contributed by atoms with E-state index in [1.165, 1.54) is 0 Å². The van der Waals surface area contributed by atoms with Crippen LogP contribution in [0.3, 0.4) is 0 Å². The molecule has 3 aromatic rings. The van der Waals surface area contributed by atoms with Crippen molar-refractivity contribution in [2.45, 2.75) is 32.8 Å². The predicted octanol–water partition coefficient (Wildman–Crippen LogP) is 3.03. The zero-order chi connectivity index (χ0) is 17.9. The van der Waals surface area contributed by atoms with Crippen LogP contribution in [0.4, 0.5) is 5.82 Å². The molecule has 0 spiro atoms. The Morgan fingerprint density at radius 1 is 1.27 bits per heavy atom. The number of aliphatic imine (C=N–C) groups is 1. The minimum absolute atomic E-state index is 0.128. The average molecular weight is 350 g/mol. The van der Waals surface area contributed by atoms with Crippen molar-refractivity contribution in [2.75, 3.05) is 13.1 Å². The van der Waals surface area contributed by atoms with Crippen LogP contribution < -0.4 is 10.1 Å². The number of piperidine rings is 1. The maximum atomic E-state index is 5.74. The van der Waals surface area contributed by atoms with Gasteiger partial charge in [-0.1, -0.05) is 0 Å². The fourth-order valence-electron chi connectivity index (χ4n) is 3.03. The van der Waals surface area contributed by atoms with Gasteiger partial charge in [0.2, 0.25) is 0 Å². The molecule has 0 amide bonds. The van der Waals surface area contributed by atoms with Crippen molar-refractivity contribution in [1.29, 1.82) is 0 Å². The molecule has 1 aliphatic rings. The quantitative estimate of drug-likeness (QED) is 0.783. The zero-order valence-corrected chi connectivity index (χ0v) is 15.0. The predicted molar refractivity (Wildman–Crippen MR) is 101 cm³/mol. The highest BCUT2D eigenvalue weighted by Crippen LogP contribution is 2.23. The van der Waals surface area contributed by atoms with Crippen LogP contribution in [-0.2, 0) is 0 Å². The molecule has 7 heteroatoms. The topological polar surface area (TPSA) is 76.7 Å². The molecule has 7 nitrogen and oxygen atoms in total. The molecule has 1 aliphatic heterocycles. The largest absolute Gasteiger partial charge is 0.491 e. The number of hydrogen-bond donors (Lipinski definition) is 1. The van der Waals surface area contributed by atoms with Gasteiger partial charge in [-0.25, -0.2) is 15.0 Å². The molecule has 26 heavy (non-hydrogen) atoms. The number of nitrogens with zero attached hydrogens (tertiary/aromatic N) is 5. The molecular formula is C19H22N6O. The summed E-state index contributed by atoms with van der Waals surface area (Å²) in [6.07, 6.45) is 9.43. The standard InChI is InChI=1S/C19H22N6O/c1-13(2)26-15-5-7-25-17(11-22-19(25)8-15)16-10-21-12-18(24-16)23-14-4-3-6-20-9-14/h5,7-8,10-13,20H,3-4,6,9H2,1-2H3. The van der Waals surface area contributed by atoms with Crippen molar-refractivity contribution >= 4 is 17.2 Å². The van der Waals surface area contributed by atoms with Gasteiger partial charge in [-0.15, -0.1) is 0 Å². The van der Waals surface area contributed by atoms with Crippen molar-refractivity contribution in [2.24, 2.45) is 4.99 Å².